The highest BCUT2D eigenvalue weighted by Gasteiger charge is 2.38. The second-order valence-corrected chi connectivity index (χ2v) is 7.62. The lowest BCUT2D eigenvalue weighted by Gasteiger charge is -2.41. The number of esters is 1. The van der Waals surface area contributed by atoms with Crippen molar-refractivity contribution in [3.8, 4) is 0 Å². The molecule has 0 aliphatic carbocycles. The number of hydrogen-bond donors (Lipinski definition) is 0. The van der Waals surface area contributed by atoms with E-state index in [0.717, 1.165) is 0 Å². The highest BCUT2D eigenvalue weighted by Crippen LogP contribution is 2.33. The normalized spacial score (nSPS) is 19.9. The van der Waals surface area contributed by atoms with Gasteiger partial charge in [0.2, 0.25) is 0 Å². The molecule has 1 aromatic heterocycles. The van der Waals surface area contributed by atoms with Crippen LogP contribution in [0.25, 0.3) is 0 Å². The van der Waals surface area contributed by atoms with E-state index in [2.05, 4.69) is 43.9 Å². The fraction of sp³-hybridized carbons (Fsp3) is 0.714. The molecule has 0 N–H and O–H groups in total. The molecule has 6 nitrogen and oxygen atoms in total. The molecule has 1 aliphatic heterocycles. The summed E-state index contributed by atoms with van der Waals surface area (Å²) in [6.45, 7) is 9.60. The van der Waals surface area contributed by atoms with Crippen LogP contribution >= 0.6 is 31.9 Å². The number of halogens is 2. The third kappa shape index (κ3) is 3.90. The van der Waals surface area contributed by atoms with Gasteiger partial charge in [0.25, 0.3) is 0 Å². The molecule has 124 valence electrons. The summed E-state index contributed by atoms with van der Waals surface area (Å²) in [5.41, 5.74) is 0.165. The minimum absolute atomic E-state index is 0.227. The monoisotopic (exact) mass is 438 g/mol. The number of nitrogens with zero attached hydrogens (tertiary/aromatic N) is 2. The highest BCUT2D eigenvalue weighted by molar-refractivity contribution is 9.11. The second kappa shape index (κ2) is 6.59. The number of ether oxygens (including phenoxy) is 3. The number of hydrogen-bond acceptors (Lipinski definition) is 5. The molecule has 1 fully saturated rings. The molecule has 1 aliphatic rings. The molecule has 0 amide bonds. The third-order valence-corrected chi connectivity index (χ3v) is 4.76. The minimum atomic E-state index is -0.558. The quantitative estimate of drug-likeness (QED) is 0.673. The lowest BCUT2D eigenvalue weighted by atomic mass is 9.91. The molecule has 0 unspecified atom stereocenters. The van der Waals surface area contributed by atoms with Gasteiger partial charge in [-0.3, -0.25) is 4.68 Å². The molecule has 0 bridgehead atoms. The lowest BCUT2D eigenvalue weighted by Crippen LogP contribution is -2.47. The van der Waals surface area contributed by atoms with E-state index in [4.69, 9.17) is 14.2 Å². The second-order valence-electron chi connectivity index (χ2n) is 6.12. The van der Waals surface area contributed by atoms with Crippen LogP contribution in [0.4, 0.5) is 0 Å². The summed E-state index contributed by atoms with van der Waals surface area (Å²) in [6, 6.07) is 0. The van der Waals surface area contributed by atoms with Crippen LogP contribution in [-0.4, -0.2) is 41.4 Å². The van der Waals surface area contributed by atoms with E-state index in [9.17, 15) is 4.79 Å². The molecule has 1 saturated heterocycles. The van der Waals surface area contributed by atoms with Crippen LogP contribution in [-0.2, 0) is 20.8 Å². The van der Waals surface area contributed by atoms with Crippen molar-refractivity contribution in [1.29, 1.82) is 0 Å². The molecular formula is C14H20Br2N2O4. The first-order valence-electron chi connectivity index (χ1n) is 7.04. The van der Waals surface area contributed by atoms with Gasteiger partial charge in [-0.15, -0.1) is 0 Å². The zero-order valence-corrected chi connectivity index (χ0v) is 16.3. The van der Waals surface area contributed by atoms with E-state index in [0.29, 0.717) is 41.1 Å². The van der Waals surface area contributed by atoms with E-state index >= 15 is 0 Å². The zero-order chi connectivity index (χ0) is 16.5. The molecule has 1 aromatic rings. The van der Waals surface area contributed by atoms with Crippen LogP contribution in [0.3, 0.4) is 0 Å². The maximum atomic E-state index is 12.0. The molecular weight excluding hydrogens is 420 g/mol. The molecule has 22 heavy (non-hydrogen) atoms. The van der Waals surface area contributed by atoms with Crippen molar-refractivity contribution in [3.05, 3.63) is 14.8 Å². The van der Waals surface area contributed by atoms with Crippen molar-refractivity contribution in [2.24, 2.45) is 5.41 Å². The first-order valence-corrected chi connectivity index (χ1v) is 8.63. The van der Waals surface area contributed by atoms with Crippen LogP contribution in [0, 0.1) is 5.41 Å². The van der Waals surface area contributed by atoms with Gasteiger partial charge in [-0.05, 0) is 52.6 Å². The van der Waals surface area contributed by atoms with E-state index in [1.54, 1.807) is 11.6 Å². The third-order valence-electron chi connectivity index (χ3n) is 3.40. The zero-order valence-electron chi connectivity index (χ0n) is 13.1. The molecule has 2 heterocycles. The Morgan fingerprint density at radius 3 is 2.45 bits per heavy atom. The van der Waals surface area contributed by atoms with Crippen molar-refractivity contribution >= 4 is 37.8 Å². The molecule has 2 rings (SSSR count). The van der Waals surface area contributed by atoms with Crippen LogP contribution in [0.15, 0.2) is 9.21 Å². The Hall–Kier alpha value is -0.440. The maximum absolute atomic E-state index is 12.0. The summed E-state index contributed by atoms with van der Waals surface area (Å²) < 4.78 is 19.3. The van der Waals surface area contributed by atoms with Gasteiger partial charge in [0.05, 0.1) is 26.4 Å². The molecule has 0 aromatic carbocycles. The summed E-state index contributed by atoms with van der Waals surface area (Å²) in [5, 5.41) is 4.36. The van der Waals surface area contributed by atoms with E-state index in [1.165, 1.54) is 0 Å². The average Bonchev–Trinajstić information content (AvgIpc) is 2.69. The SMILES string of the molecule is CCOC(=O)c1c(Br)nn(CC2(C)COC(C)(C)OC2)c1Br. The van der Waals surface area contributed by atoms with Crippen molar-refractivity contribution in [2.45, 2.75) is 40.0 Å². The van der Waals surface area contributed by atoms with Crippen molar-refractivity contribution in [1.82, 2.24) is 9.78 Å². The molecule has 0 spiro atoms. The molecule has 0 atom stereocenters. The summed E-state index contributed by atoms with van der Waals surface area (Å²) in [5.74, 6) is -0.965. The van der Waals surface area contributed by atoms with E-state index < -0.39 is 11.8 Å². The van der Waals surface area contributed by atoms with Crippen molar-refractivity contribution in [2.75, 3.05) is 19.8 Å². The summed E-state index contributed by atoms with van der Waals surface area (Å²) in [7, 11) is 0. The van der Waals surface area contributed by atoms with Gasteiger partial charge >= 0.3 is 5.97 Å². The smallest absolute Gasteiger partial charge is 0.343 e. The molecule has 8 heteroatoms. The Kier molecular flexibility index (Phi) is 5.36. The number of aromatic nitrogens is 2. The van der Waals surface area contributed by atoms with Crippen molar-refractivity contribution in [3.63, 3.8) is 0 Å². The topological polar surface area (TPSA) is 62.6 Å². The van der Waals surface area contributed by atoms with Gasteiger partial charge in [0.15, 0.2) is 5.79 Å². The Bertz CT molecular complexity index is 561. The van der Waals surface area contributed by atoms with Crippen LogP contribution in [0.5, 0.6) is 0 Å². The van der Waals surface area contributed by atoms with Crippen LogP contribution in [0.1, 0.15) is 38.1 Å². The number of rotatable bonds is 4. The fourth-order valence-corrected chi connectivity index (χ4v) is 3.48. The standard InChI is InChI=1S/C14H20Br2N2O4/c1-5-20-12(19)9-10(15)17-18(11(9)16)6-14(4)7-21-13(2,3)22-8-14/h5-8H2,1-4H3. The van der Waals surface area contributed by atoms with E-state index in [-0.39, 0.29) is 5.41 Å². The van der Waals surface area contributed by atoms with Crippen molar-refractivity contribution < 1.29 is 19.0 Å². The van der Waals surface area contributed by atoms with Gasteiger partial charge in [-0.1, -0.05) is 6.92 Å². The maximum Gasteiger partial charge on any atom is 0.343 e. The van der Waals surface area contributed by atoms with Gasteiger partial charge in [0, 0.05) is 5.41 Å². The van der Waals surface area contributed by atoms with Gasteiger partial charge in [-0.2, -0.15) is 5.10 Å². The first kappa shape index (κ1) is 17.9. The fourth-order valence-electron chi connectivity index (χ4n) is 2.12. The average molecular weight is 440 g/mol. The molecule has 0 saturated carbocycles. The van der Waals surface area contributed by atoms with Gasteiger partial charge in [-0.25, -0.2) is 4.79 Å². The summed E-state index contributed by atoms with van der Waals surface area (Å²) in [4.78, 5) is 12.0. The first-order chi connectivity index (χ1) is 10.2. The Labute approximate surface area is 146 Å². The lowest BCUT2D eigenvalue weighted by molar-refractivity contribution is -0.284. The predicted octanol–water partition coefficient (Wildman–Crippen LogP) is 3.37. The van der Waals surface area contributed by atoms with Crippen LogP contribution in [0.2, 0.25) is 0 Å². The van der Waals surface area contributed by atoms with Gasteiger partial charge < -0.3 is 14.2 Å². The number of carbonyl (C=O) groups is 1. The Balaban J connectivity index is 2.17. The minimum Gasteiger partial charge on any atom is -0.462 e. The molecule has 0 radical (unpaired) electrons. The summed E-state index contributed by atoms with van der Waals surface area (Å²) in [6.07, 6.45) is 0. The Morgan fingerprint density at radius 1 is 1.32 bits per heavy atom. The summed E-state index contributed by atoms with van der Waals surface area (Å²) >= 11 is 6.75. The predicted molar refractivity (Wildman–Crippen MR) is 87.7 cm³/mol. The highest BCUT2D eigenvalue weighted by atomic mass is 79.9. The van der Waals surface area contributed by atoms with Gasteiger partial charge in [0.1, 0.15) is 14.8 Å². The Morgan fingerprint density at radius 2 is 1.91 bits per heavy atom. The largest absolute Gasteiger partial charge is 0.462 e. The van der Waals surface area contributed by atoms with Crippen LogP contribution < -0.4 is 0 Å². The van der Waals surface area contributed by atoms with E-state index in [1.807, 2.05) is 13.8 Å². The number of carbonyl (C=O) groups excluding carboxylic acids is 1.